The first kappa shape index (κ1) is 13.0. The van der Waals surface area contributed by atoms with Crippen LogP contribution in [0.3, 0.4) is 0 Å². The Bertz CT molecular complexity index is 853. The molecule has 0 saturated carbocycles. The lowest BCUT2D eigenvalue weighted by Crippen LogP contribution is -1.92. The number of benzene rings is 3. The van der Waals surface area contributed by atoms with E-state index in [-0.39, 0.29) is 22.8 Å². The summed E-state index contributed by atoms with van der Waals surface area (Å²) in [4.78, 5) is 11.4. The number of hydrogen-bond acceptors (Lipinski definition) is 4. The minimum atomic E-state index is -0.158. The standard InChI is InChI=1S/C17H12O4/c18-9-14-15(20)7-10-3-1-2-4-12(10)17(14)13-6-5-11(19)8-16(13)21/h1-9,19-21H. The van der Waals surface area contributed by atoms with Gasteiger partial charge in [-0.3, -0.25) is 4.79 Å². The van der Waals surface area contributed by atoms with Crippen molar-refractivity contribution in [2.24, 2.45) is 0 Å². The molecule has 0 amide bonds. The zero-order valence-electron chi connectivity index (χ0n) is 10.9. The monoisotopic (exact) mass is 280 g/mol. The van der Waals surface area contributed by atoms with Gasteiger partial charge in [0.05, 0.1) is 5.56 Å². The summed E-state index contributed by atoms with van der Waals surface area (Å²) in [6, 6.07) is 12.9. The van der Waals surface area contributed by atoms with Crippen LogP contribution in [0.5, 0.6) is 17.2 Å². The fourth-order valence-electron chi connectivity index (χ4n) is 2.49. The van der Waals surface area contributed by atoms with Crippen molar-refractivity contribution in [3.05, 3.63) is 54.1 Å². The van der Waals surface area contributed by atoms with E-state index < -0.39 is 0 Å². The molecule has 3 rings (SSSR count). The molecule has 0 unspecified atom stereocenters. The minimum absolute atomic E-state index is 0.0756. The Balaban J connectivity index is 2.47. The van der Waals surface area contributed by atoms with E-state index in [1.165, 1.54) is 24.3 Å². The first-order valence-corrected chi connectivity index (χ1v) is 6.34. The summed E-state index contributed by atoms with van der Waals surface area (Å²) in [5, 5.41) is 31.0. The van der Waals surface area contributed by atoms with E-state index in [0.717, 1.165) is 10.8 Å². The summed E-state index contributed by atoms with van der Waals surface area (Å²) in [6.07, 6.45) is 0.559. The Morgan fingerprint density at radius 3 is 2.33 bits per heavy atom. The van der Waals surface area contributed by atoms with E-state index in [4.69, 9.17) is 0 Å². The van der Waals surface area contributed by atoms with Crippen LogP contribution in [-0.2, 0) is 0 Å². The number of hydrogen-bond donors (Lipinski definition) is 3. The highest BCUT2D eigenvalue weighted by molar-refractivity contribution is 6.07. The SMILES string of the molecule is O=Cc1c(O)cc2ccccc2c1-c1ccc(O)cc1O. The predicted octanol–water partition coefficient (Wildman–Crippen LogP) is 3.44. The molecule has 0 atom stereocenters. The molecule has 0 radical (unpaired) electrons. The molecule has 3 N–H and O–H groups in total. The fourth-order valence-corrected chi connectivity index (χ4v) is 2.49. The summed E-state index contributed by atoms with van der Waals surface area (Å²) in [5.74, 6) is -0.381. The van der Waals surface area contributed by atoms with Gasteiger partial charge in [-0.05, 0) is 29.0 Å². The fraction of sp³-hybridized carbons (Fsp3) is 0. The number of carbonyl (C=O) groups is 1. The van der Waals surface area contributed by atoms with Crippen LogP contribution < -0.4 is 0 Å². The molecule has 4 nitrogen and oxygen atoms in total. The Morgan fingerprint density at radius 2 is 1.62 bits per heavy atom. The van der Waals surface area contributed by atoms with Crippen molar-refractivity contribution in [3.8, 4) is 28.4 Å². The largest absolute Gasteiger partial charge is 0.508 e. The molecule has 21 heavy (non-hydrogen) atoms. The number of phenols is 3. The lowest BCUT2D eigenvalue weighted by atomic mass is 9.92. The van der Waals surface area contributed by atoms with E-state index >= 15 is 0 Å². The van der Waals surface area contributed by atoms with Crippen LogP contribution in [0.25, 0.3) is 21.9 Å². The molecule has 4 heteroatoms. The number of fused-ring (bicyclic) bond motifs is 1. The van der Waals surface area contributed by atoms with Gasteiger partial charge in [-0.2, -0.15) is 0 Å². The maximum absolute atomic E-state index is 11.4. The highest BCUT2D eigenvalue weighted by Crippen LogP contribution is 2.41. The molecule has 104 valence electrons. The first-order valence-electron chi connectivity index (χ1n) is 6.34. The van der Waals surface area contributed by atoms with E-state index in [1.54, 1.807) is 0 Å². The lowest BCUT2D eigenvalue weighted by Gasteiger charge is -2.13. The van der Waals surface area contributed by atoms with Crippen LogP contribution in [0.2, 0.25) is 0 Å². The van der Waals surface area contributed by atoms with Crippen molar-refractivity contribution in [2.75, 3.05) is 0 Å². The topological polar surface area (TPSA) is 77.8 Å². The number of phenolic OH excluding ortho intramolecular Hbond substituents is 3. The molecule has 0 fully saturated rings. The maximum atomic E-state index is 11.4. The van der Waals surface area contributed by atoms with Crippen LogP contribution in [0, 0.1) is 0 Å². The number of carbonyl (C=O) groups excluding carboxylic acids is 1. The quantitative estimate of drug-likeness (QED) is 0.628. The Labute approximate surface area is 120 Å². The van der Waals surface area contributed by atoms with Gasteiger partial charge in [0.15, 0.2) is 6.29 Å². The summed E-state index contributed by atoms with van der Waals surface area (Å²) in [5.41, 5.74) is 0.926. The molecule has 0 aliphatic heterocycles. The van der Waals surface area contributed by atoms with Crippen molar-refractivity contribution in [1.82, 2.24) is 0 Å². The summed E-state index contributed by atoms with van der Waals surface area (Å²) < 4.78 is 0. The van der Waals surface area contributed by atoms with Gasteiger partial charge in [-0.25, -0.2) is 0 Å². The van der Waals surface area contributed by atoms with Crippen molar-refractivity contribution < 1.29 is 20.1 Å². The van der Waals surface area contributed by atoms with E-state index in [2.05, 4.69) is 0 Å². The third-order valence-corrected chi connectivity index (χ3v) is 3.44. The Kier molecular flexibility index (Phi) is 2.99. The van der Waals surface area contributed by atoms with Crippen LogP contribution in [0.4, 0.5) is 0 Å². The molecule has 0 spiro atoms. The molecule has 3 aromatic rings. The van der Waals surface area contributed by atoms with Crippen LogP contribution in [0.1, 0.15) is 10.4 Å². The van der Waals surface area contributed by atoms with Gasteiger partial charge >= 0.3 is 0 Å². The molecule has 0 aliphatic carbocycles. The van der Waals surface area contributed by atoms with Crippen molar-refractivity contribution in [2.45, 2.75) is 0 Å². The number of rotatable bonds is 2. The molecule has 0 aromatic heterocycles. The van der Waals surface area contributed by atoms with Gasteiger partial charge < -0.3 is 15.3 Å². The van der Waals surface area contributed by atoms with Crippen molar-refractivity contribution in [3.63, 3.8) is 0 Å². The smallest absolute Gasteiger partial charge is 0.154 e. The van der Waals surface area contributed by atoms with E-state index in [9.17, 15) is 20.1 Å². The Morgan fingerprint density at radius 1 is 0.857 bits per heavy atom. The van der Waals surface area contributed by atoms with Crippen molar-refractivity contribution >= 4 is 17.1 Å². The molecule has 0 saturated heterocycles. The summed E-state index contributed by atoms with van der Waals surface area (Å²) in [7, 11) is 0. The number of aromatic hydroxyl groups is 3. The van der Waals surface area contributed by atoms with Crippen LogP contribution in [-0.4, -0.2) is 21.6 Å². The second-order valence-corrected chi connectivity index (χ2v) is 4.72. The third kappa shape index (κ3) is 2.07. The predicted molar refractivity (Wildman–Crippen MR) is 79.8 cm³/mol. The molecule has 0 bridgehead atoms. The summed E-state index contributed by atoms with van der Waals surface area (Å²) >= 11 is 0. The van der Waals surface area contributed by atoms with Crippen LogP contribution in [0.15, 0.2) is 48.5 Å². The van der Waals surface area contributed by atoms with Gasteiger partial charge in [-0.15, -0.1) is 0 Å². The normalized spacial score (nSPS) is 10.7. The van der Waals surface area contributed by atoms with E-state index in [1.807, 2.05) is 24.3 Å². The van der Waals surface area contributed by atoms with Gasteiger partial charge in [0.1, 0.15) is 17.2 Å². The summed E-state index contributed by atoms with van der Waals surface area (Å²) in [6.45, 7) is 0. The second-order valence-electron chi connectivity index (χ2n) is 4.72. The van der Waals surface area contributed by atoms with Gasteiger partial charge in [-0.1, -0.05) is 24.3 Å². The van der Waals surface area contributed by atoms with Crippen molar-refractivity contribution in [1.29, 1.82) is 0 Å². The lowest BCUT2D eigenvalue weighted by molar-refractivity contribution is 0.112. The van der Waals surface area contributed by atoms with E-state index in [0.29, 0.717) is 17.4 Å². The van der Waals surface area contributed by atoms with Gasteiger partial charge in [0.2, 0.25) is 0 Å². The highest BCUT2D eigenvalue weighted by Gasteiger charge is 2.17. The molecule has 3 aromatic carbocycles. The highest BCUT2D eigenvalue weighted by atomic mass is 16.3. The average molecular weight is 280 g/mol. The second kappa shape index (κ2) is 4.83. The zero-order chi connectivity index (χ0) is 15.0. The Hall–Kier alpha value is -3.01. The number of aldehydes is 1. The molecule has 0 heterocycles. The minimum Gasteiger partial charge on any atom is -0.508 e. The zero-order valence-corrected chi connectivity index (χ0v) is 10.9. The molecular formula is C17H12O4. The van der Waals surface area contributed by atoms with Crippen LogP contribution >= 0.6 is 0 Å². The van der Waals surface area contributed by atoms with Gasteiger partial charge in [0.25, 0.3) is 0 Å². The maximum Gasteiger partial charge on any atom is 0.154 e. The molecule has 0 aliphatic rings. The average Bonchev–Trinajstić information content (AvgIpc) is 2.46. The van der Waals surface area contributed by atoms with Gasteiger partial charge in [0, 0.05) is 17.2 Å². The third-order valence-electron chi connectivity index (χ3n) is 3.44. The first-order chi connectivity index (χ1) is 10.1. The molecular weight excluding hydrogens is 268 g/mol.